The molecule has 3 amide bonds. The van der Waals surface area contributed by atoms with E-state index in [0.29, 0.717) is 5.92 Å². The maximum Gasteiger partial charge on any atom is 0.243 e. The van der Waals surface area contributed by atoms with Crippen molar-refractivity contribution in [2.24, 2.45) is 0 Å². The average Bonchev–Trinajstić information content (AvgIpc) is 3.17. The van der Waals surface area contributed by atoms with Crippen molar-refractivity contribution < 1.29 is 14.4 Å². The van der Waals surface area contributed by atoms with Crippen LogP contribution < -0.4 is 5.32 Å². The average molecular weight is 286 g/mol. The van der Waals surface area contributed by atoms with Crippen molar-refractivity contribution in [3.05, 3.63) is 35.9 Å². The van der Waals surface area contributed by atoms with Gasteiger partial charge in [-0.05, 0) is 18.9 Å². The zero-order chi connectivity index (χ0) is 15.0. The number of hydrogen-bond donors (Lipinski definition) is 1. The second kappa shape index (κ2) is 5.31. The zero-order valence-electron chi connectivity index (χ0n) is 11.9. The van der Waals surface area contributed by atoms with Crippen LogP contribution >= 0.6 is 0 Å². The number of likely N-dealkylation sites (tertiary alicyclic amines) is 1. The van der Waals surface area contributed by atoms with Gasteiger partial charge in [0.15, 0.2) is 0 Å². The summed E-state index contributed by atoms with van der Waals surface area (Å²) < 4.78 is 0. The second-order valence-electron chi connectivity index (χ2n) is 5.70. The van der Waals surface area contributed by atoms with Crippen molar-refractivity contribution in [3.8, 4) is 0 Å². The van der Waals surface area contributed by atoms with E-state index >= 15 is 0 Å². The Kier molecular flexibility index (Phi) is 3.49. The fourth-order valence-electron chi connectivity index (χ4n) is 2.87. The van der Waals surface area contributed by atoms with Crippen molar-refractivity contribution in [2.75, 3.05) is 0 Å². The molecule has 0 radical (unpaired) electrons. The van der Waals surface area contributed by atoms with Gasteiger partial charge in [-0.3, -0.25) is 19.3 Å². The van der Waals surface area contributed by atoms with Crippen LogP contribution in [0.5, 0.6) is 0 Å². The lowest BCUT2D eigenvalue weighted by Crippen LogP contribution is -2.48. The van der Waals surface area contributed by atoms with E-state index in [-0.39, 0.29) is 36.6 Å². The van der Waals surface area contributed by atoms with Gasteiger partial charge < -0.3 is 5.32 Å². The summed E-state index contributed by atoms with van der Waals surface area (Å²) in [7, 11) is 0. The largest absolute Gasteiger partial charge is 0.351 e. The van der Waals surface area contributed by atoms with Crippen LogP contribution in [0.25, 0.3) is 0 Å². The molecule has 3 atom stereocenters. The molecule has 0 bridgehead atoms. The van der Waals surface area contributed by atoms with Gasteiger partial charge in [-0.1, -0.05) is 30.3 Å². The molecule has 5 heteroatoms. The van der Waals surface area contributed by atoms with Crippen molar-refractivity contribution >= 4 is 17.7 Å². The highest BCUT2D eigenvalue weighted by atomic mass is 16.2. The van der Waals surface area contributed by atoms with E-state index < -0.39 is 6.04 Å². The van der Waals surface area contributed by atoms with Crippen LogP contribution in [0.2, 0.25) is 0 Å². The lowest BCUT2D eigenvalue weighted by molar-refractivity contribution is -0.146. The van der Waals surface area contributed by atoms with E-state index in [0.717, 1.165) is 11.3 Å². The van der Waals surface area contributed by atoms with Crippen molar-refractivity contribution in [1.82, 2.24) is 10.2 Å². The lowest BCUT2D eigenvalue weighted by atomic mass is 10.1. The van der Waals surface area contributed by atoms with Gasteiger partial charge in [-0.15, -0.1) is 0 Å². The number of benzene rings is 1. The smallest absolute Gasteiger partial charge is 0.243 e. The van der Waals surface area contributed by atoms with Crippen molar-refractivity contribution in [1.29, 1.82) is 0 Å². The molecule has 1 N–H and O–H groups in total. The fraction of sp³-hybridized carbons (Fsp3) is 0.438. The van der Waals surface area contributed by atoms with Crippen LogP contribution in [0.15, 0.2) is 30.3 Å². The van der Waals surface area contributed by atoms with Gasteiger partial charge in [0.1, 0.15) is 6.04 Å². The first kappa shape index (κ1) is 13.8. The minimum atomic E-state index is -0.718. The summed E-state index contributed by atoms with van der Waals surface area (Å²) in [6, 6.07) is 9.42. The Morgan fingerprint density at radius 3 is 2.43 bits per heavy atom. The summed E-state index contributed by atoms with van der Waals surface area (Å²) in [4.78, 5) is 36.6. The van der Waals surface area contributed by atoms with Crippen LogP contribution in [0.3, 0.4) is 0 Å². The third-order valence-electron chi connectivity index (χ3n) is 4.20. The zero-order valence-corrected chi connectivity index (χ0v) is 11.9. The number of carbonyl (C=O) groups is 3. The third-order valence-corrected chi connectivity index (χ3v) is 4.20. The molecule has 2 fully saturated rings. The quantitative estimate of drug-likeness (QED) is 0.846. The first-order valence-corrected chi connectivity index (χ1v) is 7.28. The van der Waals surface area contributed by atoms with E-state index in [9.17, 15) is 14.4 Å². The Labute approximate surface area is 123 Å². The van der Waals surface area contributed by atoms with Gasteiger partial charge in [0.25, 0.3) is 0 Å². The molecule has 2 aliphatic rings. The van der Waals surface area contributed by atoms with E-state index in [1.54, 1.807) is 6.92 Å². The Morgan fingerprint density at radius 2 is 1.81 bits per heavy atom. The van der Waals surface area contributed by atoms with Gasteiger partial charge in [-0.2, -0.15) is 0 Å². The molecule has 5 nitrogen and oxygen atoms in total. The first-order valence-electron chi connectivity index (χ1n) is 7.28. The molecule has 1 saturated heterocycles. The fourth-order valence-corrected chi connectivity index (χ4v) is 2.87. The number of hydrogen-bond acceptors (Lipinski definition) is 3. The van der Waals surface area contributed by atoms with Gasteiger partial charge >= 0.3 is 0 Å². The highest BCUT2D eigenvalue weighted by molar-refractivity contribution is 6.05. The second-order valence-corrected chi connectivity index (χ2v) is 5.70. The molecule has 1 heterocycles. The SMILES string of the molecule is C[C@H](C(=O)N[C@@H]1C[C@@H]1c1ccccc1)N1C(=O)CCC1=O. The highest BCUT2D eigenvalue weighted by Gasteiger charge is 2.42. The molecule has 1 aromatic carbocycles. The first-order chi connectivity index (χ1) is 10.1. The predicted octanol–water partition coefficient (Wildman–Crippen LogP) is 1.20. The molecule has 1 aromatic rings. The predicted molar refractivity (Wildman–Crippen MR) is 76.3 cm³/mol. The van der Waals surface area contributed by atoms with E-state index in [1.165, 1.54) is 5.56 Å². The highest BCUT2D eigenvalue weighted by Crippen LogP contribution is 2.40. The number of nitrogens with one attached hydrogen (secondary N) is 1. The number of amides is 3. The minimum absolute atomic E-state index is 0.107. The molecular weight excluding hydrogens is 268 g/mol. The number of imide groups is 1. The lowest BCUT2D eigenvalue weighted by Gasteiger charge is -2.21. The van der Waals surface area contributed by atoms with E-state index in [2.05, 4.69) is 5.32 Å². The molecule has 110 valence electrons. The van der Waals surface area contributed by atoms with E-state index in [4.69, 9.17) is 0 Å². The standard InChI is InChI=1S/C16H18N2O3/c1-10(18-14(19)7-8-15(18)20)16(21)17-13-9-12(13)11-5-3-2-4-6-11/h2-6,10,12-13H,7-9H2,1H3,(H,17,21)/t10-,12-,13-/m1/s1. The summed E-state index contributed by atoms with van der Waals surface area (Å²) in [6.07, 6.45) is 1.34. The summed E-state index contributed by atoms with van der Waals surface area (Å²) in [5.74, 6) is -0.412. The maximum absolute atomic E-state index is 12.2. The topological polar surface area (TPSA) is 66.5 Å². The summed E-state index contributed by atoms with van der Waals surface area (Å²) >= 11 is 0. The maximum atomic E-state index is 12.2. The number of rotatable bonds is 4. The van der Waals surface area contributed by atoms with Crippen LogP contribution in [0.4, 0.5) is 0 Å². The summed E-state index contributed by atoms with van der Waals surface area (Å²) in [5.41, 5.74) is 1.21. The normalized spacial score (nSPS) is 25.9. The molecule has 1 aliphatic carbocycles. The van der Waals surface area contributed by atoms with Gasteiger partial charge in [-0.25, -0.2) is 0 Å². The number of nitrogens with zero attached hydrogens (tertiary/aromatic N) is 1. The minimum Gasteiger partial charge on any atom is -0.351 e. The van der Waals surface area contributed by atoms with Crippen LogP contribution in [0, 0.1) is 0 Å². The van der Waals surface area contributed by atoms with Crippen LogP contribution in [-0.4, -0.2) is 34.7 Å². The number of carbonyl (C=O) groups excluding carboxylic acids is 3. The molecular formula is C16H18N2O3. The Balaban J connectivity index is 1.58. The monoisotopic (exact) mass is 286 g/mol. The van der Waals surface area contributed by atoms with Crippen molar-refractivity contribution in [3.63, 3.8) is 0 Å². The Hall–Kier alpha value is -2.17. The van der Waals surface area contributed by atoms with E-state index in [1.807, 2.05) is 30.3 Å². The Bertz CT molecular complexity index is 568. The van der Waals surface area contributed by atoms with Gasteiger partial charge in [0, 0.05) is 24.8 Å². The molecule has 0 aromatic heterocycles. The van der Waals surface area contributed by atoms with Crippen LogP contribution in [-0.2, 0) is 14.4 Å². The summed E-state index contributed by atoms with van der Waals surface area (Å²) in [6.45, 7) is 1.61. The van der Waals surface area contributed by atoms with Gasteiger partial charge in [0.2, 0.25) is 17.7 Å². The molecule has 3 rings (SSSR count). The Morgan fingerprint density at radius 1 is 1.19 bits per heavy atom. The molecule has 1 saturated carbocycles. The summed E-state index contributed by atoms with van der Waals surface area (Å²) in [5, 5.41) is 2.94. The van der Waals surface area contributed by atoms with Gasteiger partial charge in [0.05, 0.1) is 0 Å². The third kappa shape index (κ3) is 2.68. The molecule has 0 spiro atoms. The molecule has 0 unspecified atom stereocenters. The van der Waals surface area contributed by atoms with Crippen molar-refractivity contribution in [2.45, 2.75) is 44.2 Å². The molecule has 1 aliphatic heterocycles. The molecule has 21 heavy (non-hydrogen) atoms. The van der Waals surface area contributed by atoms with Crippen LogP contribution in [0.1, 0.15) is 37.7 Å².